The van der Waals surface area contributed by atoms with Gasteiger partial charge in [-0.25, -0.2) is 14.4 Å². The number of aliphatic carboxylic acids is 1. The molecule has 4 heterocycles. The van der Waals surface area contributed by atoms with Crippen molar-refractivity contribution in [3.05, 3.63) is 35.4 Å². The Morgan fingerprint density at radius 3 is 2.62 bits per heavy atom. The van der Waals surface area contributed by atoms with Gasteiger partial charge in [0.1, 0.15) is 6.10 Å². The molecule has 2 unspecified atom stereocenters. The monoisotopic (exact) mass is 580 g/mol. The molecule has 5 atom stereocenters. The molecule has 12 heteroatoms. The van der Waals surface area contributed by atoms with Crippen molar-refractivity contribution in [2.24, 2.45) is 11.8 Å². The second-order valence-corrected chi connectivity index (χ2v) is 10.9. The number of piperidine rings is 1. The summed E-state index contributed by atoms with van der Waals surface area (Å²) in [6.07, 6.45) is 4.02. The number of halogens is 2. The smallest absolute Gasteiger partial charge is 0.305 e. The lowest BCUT2D eigenvalue weighted by atomic mass is 9.96. The molecule has 220 valence electrons. The average molecular weight is 581 g/mol. The summed E-state index contributed by atoms with van der Waals surface area (Å²) in [7, 11) is 3.19. The van der Waals surface area contributed by atoms with E-state index < -0.39 is 11.8 Å². The molecule has 0 bridgehead atoms. The Kier molecular flexibility index (Phi) is 10.3. The van der Waals surface area contributed by atoms with Crippen LogP contribution in [0.5, 0.6) is 11.8 Å². The topological polar surface area (TPSA) is 106 Å². The van der Waals surface area contributed by atoms with E-state index in [1.54, 1.807) is 26.6 Å². The minimum Gasteiger partial charge on any atom is -0.481 e. The molecule has 2 saturated heterocycles. The largest absolute Gasteiger partial charge is 0.481 e. The van der Waals surface area contributed by atoms with Crippen LogP contribution in [0.25, 0.3) is 0 Å². The summed E-state index contributed by atoms with van der Waals surface area (Å²) in [4.78, 5) is 24.1. The lowest BCUT2D eigenvalue weighted by Crippen LogP contribution is -2.44. The van der Waals surface area contributed by atoms with Crippen molar-refractivity contribution in [3.8, 4) is 11.8 Å². The van der Waals surface area contributed by atoms with Gasteiger partial charge in [0.2, 0.25) is 5.88 Å². The third-order valence-electron chi connectivity index (χ3n) is 7.75. The van der Waals surface area contributed by atoms with Crippen LogP contribution in [0.1, 0.15) is 33.1 Å². The molecule has 1 N–H and O–H groups in total. The molecule has 2 aliphatic rings. The average Bonchev–Trinajstić information content (AvgIpc) is 3.23. The van der Waals surface area contributed by atoms with Gasteiger partial charge in [0.25, 0.3) is 5.88 Å². The first-order chi connectivity index (χ1) is 19.2. The Labute approximate surface area is 239 Å². The zero-order chi connectivity index (χ0) is 28.8. The number of rotatable bonds is 12. The van der Waals surface area contributed by atoms with Crippen molar-refractivity contribution in [1.82, 2.24) is 9.97 Å². The van der Waals surface area contributed by atoms with Crippen LogP contribution in [-0.2, 0) is 14.3 Å². The van der Waals surface area contributed by atoms with E-state index in [9.17, 15) is 9.90 Å². The van der Waals surface area contributed by atoms with E-state index in [1.807, 2.05) is 24.8 Å². The Bertz CT molecular complexity index is 1160. The lowest BCUT2D eigenvalue weighted by Gasteiger charge is -2.38. The van der Waals surface area contributed by atoms with Crippen LogP contribution in [0.2, 0.25) is 5.02 Å². The number of aromatic nitrogens is 2. The van der Waals surface area contributed by atoms with Crippen LogP contribution >= 0.6 is 11.6 Å². The van der Waals surface area contributed by atoms with Gasteiger partial charge in [0.15, 0.2) is 5.82 Å². The van der Waals surface area contributed by atoms with Gasteiger partial charge in [-0.15, -0.1) is 0 Å². The highest BCUT2D eigenvalue weighted by atomic mass is 35.5. The lowest BCUT2D eigenvalue weighted by molar-refractivity contribution is -0.137. The summed E-state index contributed by atoms with van der Waals surface area (Å²) in [6, 6.07) is 2.84. The van der Waals surface area contributed by atoms with Crippen molar-refractivity contribution in [3.63, 3.8) is 0 Å². The molecule has 0 amide bonds. The quantitative estimate of drug-likeness (QED) is 0.365. The molecular formula is C28H38ClFN4O6. The number of hydrogen-bond acceptors (Lipinski definition) is 9. The van der Waals surface area contributed by atoms with Gasteiger partial charge in [-0.1, -0.05) is 25.4 Å². The highest BCUT2D eigenvalue weighted by molar-refractivity contribution is 6.33. The second kappa shape index (κ2) is 13.6. The number of pyridine rings is 2. The Morgan fingerprint density at radius 2 is 1.95 bits per heavy atom. The van der Waals surface area contributed by atoms with Crippen LogP contribution in [0.4, 0.5) is 15.8 Å². The normalized spacial score (nSPS) is 24.8. The predicted molar refractivity (Wildman–Crippen MR) is 149 cm³/mol. The van der Waals surface area contributed by atoms with Crippen molar-refractivity contribution >= 4 is 28.9 Å². The number of anilines is 2. The number of methoxy groups -OCH3 is 2. The van der Waals surface area contributed by atoms with Crippen LogP contribution in [0, 0.1) is 17.7 Å². The first-order valence-corrected chi connectivity index (χ1v) is 13.9. The van der Waals surface area contributed by atoms with Gasteiger partial charge in [0, 0.05) is 76.4 Å². The SMILES string of the molecule is COCCCO[C@H]1CN(c2cnc(OC3CCN(c4cc(OC)ncc4Cl)CC3C)c(F)c2)[C@@H](CC(=O)O)[C@@H]1C. The molecule has 2 aromatic rings. The predicted octanol–water partition coefficient (Wildman–Crippen LogP) is 4.29. The summed E-state index contributed by atoms with van der Waals surface area (Å²) in [6.45, 7) is 6.88. The molecule has 0 radical (unpaired) electrons. The van der Waals surface area contributed by atoms with Gasteiger partial charge < -0.3 is 33.9 Å². The molecule has 0 saturated carbocycles. The summed E-state index contributed by atoms with van der Waals surface area (Å²) >= 11 is 6.38. The van der Waals surface area contributed by atoms with E-state index in [-0.39, 0.29) is 42.4 Å². The molecule has 2 aliphatic heterocycles. The van der Waals surface area contributed by atoms with Crippen LogP contribution in [-0.4, -0.2) is 86.4 Å². The van der Waals surface area contributed by atoms with Gasteiger partial charge in [-0.2, -0.15) is 0 Å². The second-order valence-electron chi connectivity index (χ2n) is 10.5. The number of ether oxygens (including phenoxy) is 4. The van der Waals surface area contributed by atoms with E-state index in [1.165, 1.54) is 6.07 Å². The van der Waals surface area contributed by atoms with Crippen LogP contribution in [0.3, 0.4) is 0 Å². The third-order valence-corrected chi connectivity index (χ3v) is 8.04. The highest BCUT2D eigenvalue weighted by Crippen LogP contribution is 2.36. The molecule has 0 spiro atoms. The molecule has 0 aliphatic carbocycles. The summed E-state index contributed by atoms with van der Waals surface area (Å²) in [5.74, 6) is -1.06. The number of carbonyl (C=O) groups is 1. The molecule has 40 heavy (non-hydrogen) atoms. The molecular weight excluding hydrogens is 543 g/mol. The van der Waals surface area contributed by atoms with Crippen LogP contribution in [0.15, 0.2) is 24.5 Å². The van der Waals surface area contributed by atoms with Gasteiger partial charge in [-0.3, -0.25) is 4.79 Å². The Hall–Kier alpha value is -2.89. The standard InChI is InChI=1S/C28H38ClFN4O6/c1-17-15-33(23-11-26(38-4)31-14-20(23)29)7-6-24(17)40-28-21(30)10-19(13-32-28)34-16-25(39-9-5-8-37-3)18(2)22(34)12-27(35)36/h10-11,13-14,17-18,22,24-25H,5-9,12,15-16H2,1-4H3,(H,35,36)/t17?,18-,22-,24?,25-/m0/s1. The number of carboxylic acid groups (broad SMARTS) is 1. The fraction of sp³-hybridized carbons (Fsp3) is 0.607. The molecule has 2 aromatic heterocycles. The van der Waals surface area contributed by atoms with E-state index in [4.69, 9.17) is 30.5 Å². The Morgan fingerprint density at radius 1 is 1.15 bits per heavy atom. The first-order valence-electron chi connectivity index (χ1n) is 13.6. The van der Waals surface area contributed by atoms with E-state index >= 15 is 4.39 Å². The molecule has 0 aromatic carbocycles. The highest BCUT2D eigenvalue weighted by Gasteiger charge is 2.41. The third kappa shape index (κ3) is 7.05. The summed E-state index contributed by atoms with van der Waals surface area (Å²) in [5.41, 5.74) is 1.35. The first kappa shape index (κ1) is 30.1. The summed E-state index contributed by atoms with van der Waals surface area (Å²) in [5, 5.41) is 10.1. The fourth-order valence-electron chi connectivity index (χ4n) is 5.53. The Balaban J connectivity index is 1.42. The molecule has 10 nitrogen and oxygen atoms in total. The van der Waals surface area contributed by atoms with E-state index in [0.717, 1.165) is 12.1 Å². The van der Waals surface area contributed by atoms with E-state index in [2.05, 4.69) is 14.9 Å². The van der Waals surface area contributed by atoms with Crippen molar-refractivity contribution in [2.45, 2.75) is 51.4 Å². The maximum absolute atomic E-state index is 15.3. The minimum atomic E-state index is -0.915. The maximum Gasteiger partial charge on any atom is 0.305 e. The van der Waals surface area contributed by atoms with Gasteiger partial charge in [0.05, 0.1) is 48.4 Å². The van der Waals surface area contributed by atoms with Crippen LogP contribution < -0.4 is 19.3 Å². The summed E-state index contributed by atoms with van der Waals surface area (Å²) < 4.78 is 37.7. The fourth-order valence-corrected chi connectivity index (χ4v) is 5.75. The zero-order valence-electron chi connectivity index (χ0n) is 23.4. The van der Waals surface area contributed by atoms with E-state index in [0.29, 0.717) is 55.9 Å². The van der Waals surface area contributed by atoms with Crippen molar-refractivity contribution < 1.29 is 33.2 Å². The van der Waals surface area contributed by atoms with Gasteiger partial charge >= 0.3 is 5.97 Å². The molecule has 4 rings (SSSR count). The minimum absolute atomic E-state index is 0.0578. The van der Waals surface area contributed by atoms with Gasteiger partial charge in [-0.05, 0) is 6.42 Å². The van der Waals surface area contributed by atoms with Crippen molar-refractivity contribution in [2.75, 3.05) is 56.9 Å². The van der Waals surface area contributed by atoms with Crippen molar-refractivity contribution in [1.29, 1.82) is 0 Å². The maximum atomic E-state index is 15.3. The number of hydrogen-bond donors (Lipinski definition) is 1. The zero-order valence-corrected chi connectivity index (χ0v) is 24.1. The number of nitrogens with zero attached hydrogens (tertiary/aromatic N) is 4. The number of carboxylic acids is 1. The molecule has 2 fully saturated rings.